The predicted octanol–water partition coefficient (Wildman–Crippen LogP) is 1.94. The quantitative estimate of drug-likeness (QED) is 0.446. The van der Waals surface area contributed by atoms with Crippen LogP contribution in [-0.4, -0.2) is 69.0 Å². The fourth-order valence-corrected chi connectivity index (χ4v) is 6.36. The summed E-state index contributed by atoms with van der Waals surface area (Å²) in [5.41, 5.74) is 0.648. The standard InChI is InChI=1S/C26H35F2N7O3/c1-34-14-18(13-31-34)32-21(9-15-4-5-15)25(38)35-19-6-7-20(26(27,28)11-19)22(35)24(37)33-17(12-29)10-16-3-2-8-30-23(16)36/h13-17,19-22,32H,2-11H2,1H3,(H,30,36)(H,33,37)/t16-,17+,19+,20+,21+,22+/m0/s1. The van der Waals surface area contributed by atoms with E-state index >= 15 is 8.78 Å². The minimum atomic E-state index is -3.09. The van der Waals surface area contributed by atoms with Crippen molar-refractivity contribution in [1.29, 1.82) is 5.26 Å². The van der Waals surface area contributed by atoms with E-state index in [0.717, 1.165) is 19.3 Å². The SMILES string of the molecule is Cn1cc(N[C@H](CC2CC2)C(=O)N2[C@@H]3CC[C@H]([C@@H]2C(=O)N[C@@H](C#N)C[C@@H]2CCCNC2=O)C(F)(F)C3)cn1. The molecule has 6 rings (SSSR count). The van der Waals surface area contributed by atoms with E-state index < -0.39 is 54.3 Å². The van der Waals surface area contributed by atoms with Crippen LogP contribution in [0.1, 0.15) is 57.8 Å². The molecule has 1 aromatic rings. The summed E-state index contributed by atoms with van der Waals surface area (Å²) >= 11 is 0. The van der Waals surface area contributed by atoms with E-state index in [4.69, 9.17) is 0 Å². The summed E-state index contributed by atoms with van der Waals surface area (Å²) in [4.78, 5) is 41.1. The van der Waals surface area contributed by atoms with Crippen LogP contribution in [0.4, 0.5) is 14.5 Å². The molecule has 3 aliphatic heterocycles. The van der Waals surface area contributed by atoms with Crippen molar-refractivity contribution in [3.8, 4) is 6.07 Å². The number of carbonyl (C=O) groups is 3. The number of piperidine rings is 3. The van der Waals surface area contributed by atoms with Crippen molar-refractivity contribution in [3.63, 3.8) is 0 Å². The maximum atomic E-state index is 15.1. The van der Waals surface area contributed by atoms with Gasteiger partial charge in [-0.05, 0) is 44.4 Å². The molecule has 0 unspecified atom stereocenters. The van der Waals surface area contributed by atoms with E-state index in [1.165, 1.54) is 4.90 Å². The van der Waals surface area contributed by atoms with Gasteiger partial charge in [-0.2, -0.15) is 10.4 Å². The third kappa shape index (κ3) is 5.47. The molecule has 3 saturated heterocycles. The van der Waals surface area contributed by atoms with Crippen molar-refractivity contribution < 1.29 is 23.2 Å². The van der Waals surface area contributed by atoms with Gasteiger partial charge in [0.05, 0.1) is 23.9 Å². The molecular formula is C26H35F2N7O3. The first kappa shape index (κ1) is 26.4. The van der Waals surface area contributed by atoms with Gasteiger partial charge >= 0.3 is 0 Å². The summed E-state index contributed by atoms with van der Waals surface area (Å²) < 4.78 is 31.8. The Balaban J connectivity index is 1.37. The van der Waals surface area contributed by atoms with Gasteiger partial charge in [-0.15, -0.1) is 0 Å². The third-order valence-electron chi connectivity index (χ3n) is 8.46. The van der Waals surface area contributed by atoms with Gasteiger partial charge in [-0.1, -0.05) is 12.8 Å². The number of fused-ring (bicyclic) bond motifs is 3. The second kappa shape index (κ2) is 10.5. The first-order chi connectivity index (χ1) is 18.2. The number of halogens is 2. The number of nitrogens with zero attached hydrogens (tertiary/aromatic N) is 4. The summed E-state index contributed by atoms with van der Waals surface area (Å²) in [5.74, 6) is -5.76. The number of alkyl halides is 2. The van der Waals surface area contributed by atoms with E-state index in [2.05, 4.69) is 21.0 Å². The van der Waals surface area contributed by atoms with Crippen LogP contribution in [0.5, 0.6) is 0 Å². The third-order valence-corrected chi connectivity index (χ3v) is 8.46. The van der Waals surface area contributed by atoms with Crippen LogP contribution in [0, 0.1) is 29.1 Å². The van der Waals surface area contributed by atoms with Crippen molar-refractivity contribution in [2.45, 2.75) is 87.9 Å². The summed E-state index contributed by atoms with van der Waals surface area (Å²) in [6.45, 7) is 0.575. The van der Waals surface area contributed by atoms with Crippen molar-refractivity contribution in [2.24, 2.45) is 24.8 Å². The number of hydrogen-bond donors (Lipinski definition) is 3. The van der Waals surface area contributed by atoms with Crippen LogP contribution in [0.15, 0.2) is 12.4 Å². The molecule has 206 valence electrons. The Morgan fingerprint density at radius 3 is 2.68 bits per heavy atom. The zero-order valence-electron chi connectivity index (χ0n) is 21.5. The zero-order valence-corrected chi connectivity index (χ0v) is 21.5. The lowest BCUT2D eigenvalue weighted by Crippen LogP contribution is -2.70. The van der Waals surface area contributed by atoms with Gasteiger partial charge < -0.3 is 20.9 Å². The Hall–Kier alpha value is -3.23. The lowest BCUT2D eigenvalue weighted by Gasteiger charge is -2.54. The average molecular weight is 532 g/mol. The molecule has 2 aliphatic carbocycles. The van der Waals surface area contributed by atoms with Crippen LogP contribution >= 0.6 is 0 Å². The second-order valence-corrected chi connectivity index (χ2v) is 11.3. The van der Waals surface area contributed by atoms with Gasteiger partial charge in [0, 0.05) is 38.2 Å². The summed E-state index contributed by atoms with van der Waals surface area (Å²) in [6, 6.07) is -1.81. The maximum Gasteiger partial charge on any atom is 0.255 e. The highest BCUT2D eigenvalue weighted by molar-refractivity contribution is 5.92. The van der Waals surface area contributed by atoms with Crippen LogP contribution in [-0.2, 0) is 21.4 Å². The Bertz CT molecular complexity index is 1110. The Morgan fingerprint density at radius 2 is 2.05 bits per heavy atom. The summed E-state index contributed by atoms with van der Waals surface area (Å²) in [5, 5.41) is 22.5. The Labute approximate surface area is 220 Å². The van der Waals surface area contributed by atoms with Crippen molar-refractivity contribution in [1.82, 2.24) is 25.3 Å². The van der Waals surface area contributed by atoms with E-state index in [-0.39, 0.29) is 24.7 Å². The zero-order chi connectivity index (χ0) is 27.0. The molecule has 38 heavy (non-hydrogen) atoms. The number of nitriles is 1. The van der Waals surface area contributed by atoms with E-state index in [0.29, 0.717) is 37.4 Å². The minimum absolute atomic E-state index is 0.103. The normalized spacial score (nSPS) is 29.6. The van der Waals surface area contributed by atoms with Gasteiger partial charge in [-0.3, -0.25) is 19.1 Å². The molecule has 0 aromatic carbocycles. The van der Waals surface area contributed by atoms with E-state index in [9.17, 15) is 19.6 Å². The number of rotatable bonds is 9. The second-order valence-electron chi connectivity index (χ2n) is 11.3. The molecule has 12 heteroatoms. The highest BCUT2D eigenvalue weighted by Gasteiger charge is 2.61. The number of hydrogen-bond acceptors (Lipinski definition) is 6. The molecule has 5 fully saturated rings. The molecule has 2 bridgehead atoms. The first-order valence-corrected chi connectivity index (χ1v) is 13.6. The van der Waals surface area contributed by atoms with Gasteiger partial charge in [0.15, 0.2) is 0 Å². The van der Waals surface area contributed by atoms with Crippen molar-refractivity contribution in [3.05, 3.63) is 12.4 Å². The smallest absolute Gasteiger partial charge is 0.255 e. The topological polar surface area (TPSA) is 132 Å². The molecule has 2 saturated carbocycles. The average Bonchev–Trinajstić information content (AvgIpc) is 3.61. The summed E-state index contributed by atoms with van der Waals surface area (Å²) in [7, 11) is 1.76. The molecule has 4 heterocycles. The van der Waals surface area contributed by atoms with Crippen molar-refractivity contribution >= 4 is 23.4 Å². The Morgan fingerprint density at radius 1 is 1.26 bits per heavy atom. The molecule has 5 aliphatic rings. The maximum absolute atomic E-state index is 15.1. The number of carbonyl (C=O) groups excluding carboxylic acids is 3. The molecule has 6 atom stereocenters. The number of nitrogens with one attached hydrogen (secondary N) is 3. The lowest BCUT2D eigenvalue weighted by molar-refractivity contribution is -0.194. The van der Waals surface area contributed by atoms with Crippen LogP contribution < -0.4 is 16.0 Å². The molecule has 3 amide bonds. The molecule has 1 aromatic heterocycles. The number of anilines is 1. The monoisotopic (exact) mass is 531 g/mol. The first-order valence-electron chi connectivity index (χ1n) is 13.6. The molecular weight excluding hydrogens is 496 g/mol. The predicted molar refractivity (Wildman–Crippen MR) is 133 cm³/mol. The summed E-state index contributed by atoms with van der Waals surface area (Å²) in [6.07, 6.45) is 7.44. The van der Waals surface area contributed by atoms with Crippen LogP contribution in [0.25, 0.3) is 0 Å². The fourth-order valence-electron chi connectivity index (χ4n) is 6.36. The van der Waals surface area contributed by atoms with Gasteiger partial charge in [0.25, 0.3) is 5.92 Å². The number of aryl methyl sites for hydroxylation is 1. The molecule has 0 radical (unpaired) electrons. The highest BCUT2D eigenvalue weighted by atomic mass is 19.3. The number of amides is 3. The Kier molecular flexibility index (Phi) is 7.29. The number of aromatic nitrogens is 2. The fraction of sp³-hybridized carbons (Fsp3) is 0.731. The highest BCUT2D eigenvalue weighted by Crippen LogP contribution is 2.49. The van der Waals surface area contributed by atoms with Crippen LogP contribution in [0.3, 0.4) is 0 Å². The lowest BCUT2D eigenvalue weighted by atomic mass is 9.71. The van der Waals surface area contributed by atoms with E-state index in [1.54, 1.807) is 24.1 Å². The largest absolute Gasteiger partial charge is 0.371 e. The molecule has 0 spiro atoms. The molecule has 3 N–H and O–H groups in total. The molecule has 10 nitrogen and oxygen atoms in total. The van der Waals surface area contributed by atoms with Gasteiger partial charge in [0.2, 0.25) is 17.7 Å². The van der Waals surface area contributed by atoms with Crippen LogP contribution in [0.2, 0.25) is 0 Å². The van der Waals surface area contributed by atoms with Gasteiger partial charge in [0.1, 0.15) is 18.1 Å². The van der Waals surface area contributed by atoms with Crippen molar-refractivity contribution in [2.75, 3.05) is 11.9 Å². The van der Waals surface area contributed by atoms with Gasteiger partial charge in [-0.25, -0.2) is 8.78 Å². The minimum Gasteiger partial charge on any atom is -0.371 e. The van der Waals surface area contributed by atoms with E-state index in [1.807, 2.05) is 6.07 Å².